The van der Waals surface area contributed by atoms with Crippen molar-refractivity contribution in [1.29, 1.82) is 0 Å². The van der Waals surface area contributed by atoms with E-state index >= 15 is 0 Å². The van der Waals surface area contributed by atoms with Gasteiger partial charge in [0, 0.05) is 19.6 Å². The van der Waals surface area contributed by atoms with Crippen LogP contribution in [0.3, 0.4) is 0 Å². The second-order valence-electron chi connectivity index (χ2n) is 4.78. The summed E-state index contributed by atoms with van der Waals surface area (Å²) in [5.74, 6) is 0. The maximum atomic E-state index is 12.7. The quantitative estimate of drug-likeness (QED) is 0.713. The van der Waals surface area contributed by atoms with Crippen molar-refractivity contribution in [2.75, 3.05) is 19.6 Å². The largest absolute Gasteiger partial charge is 0.313 e. The predicted molar refractivity (Wildman–Crippen MR) is 83.2 cm³/mol. The van der Waals surface area contributed by atoms with Gasteiger partial charge in [0.2, 0.25) is 10.0 Å². The minimum Gasteiger partial charge on any atom is -0.313 e. The Hall–Kier alpha value is -0.910. The molecule has 0 saturated carbocycles. The monoisotopic (exact) mass is 298 g/mol. The highest BCUT2D eigenvalue weighted by atomic mass is 32.2. The zero-order chi connectivity index (χ0) is 15.0. The molecule has 0 bridgehead atoms. The van der Waals surface area contributed by atoms with Gasteiger partial charge in [-0.2, -0.15) is 4.31 Å². The first-order chi connectivity index (χ1) is 9.57. The van der Waals surface area contributed by atoms with Gasteiger partial charge < -0.3 is 5.32 Å². The van der Waals surface area contributed by atoms with Crippen LogP contribution in [-0.4, -0.2) is 32.4 Å². The van der Waals surface area contributed by atoms with Crippen molar-refractivity contribution in [3.8, 4) is 0 Å². The van der Waals surface area contributed by atoms with Crippen molar-refractivity contribution in [1.82, 2.24) is 9.62 Å². The lowest BCUT2D eigenvalue weighted by Gasteiger charge is -2.21. The van der Waals surface area contributed by atoms with Gasteiger partial charge >= 0.3 is 0 Å². The van der Waals surface area contributed by atoms with Gasteiger partial charge in [0.25, 0.3) is 0 Å². The van der Waals surface area contributed by atoms with Gasteiger partial charge in [-0.05, 0) is 31.0 Å². The van der Waals surface area contributed by atoms with E-state index in [9.17, 15) is 8.42 Å². The lowest BCUT2D eigenvalue weighted by molar-refractivity contribution is 0.426. The number of sulfonamides is 1. The van der Waals surface area contributed by atoms with Crippen LogP contribution in [0.4, 0.5) is 0 Å². The summed E-state index contributed by atoms with van der Waals surface area (Å²) in [6, 6.07) is 7.26. The standard InChI is InChI=1S/C15H26N2O2S/c1-4-11-16-13-14-9-7-8-10-15(14)20(18,19)17(6-3)12-5-2/h7-10,16H,4-6,11-13H2,1-3H3. The second kappa shape index (κ2) is 8.39. The second-order valence-corrected chi connectivity index (χ2v) is 6.69. The third kappa shape index (κ3) is 4.30. The van der Waals surface area contributed by atoms with Crippen molar-refractivity contribution in [2.24, 2.45) is 0 Å². The average Bonchev–Trinajstić information content (AvgIpc) is 2.45. The summed E-state index contributed by atoms with van der Waals surface area (Å²) in [6.07, 6.45) is 1.86. The molecule has 0 saturated heterocycles. The van der Waals surface area contributed by atoms with Crippen LogP contribution in [0, 0.1) is 0 Å². The van der Waals surface area contributed by atoms with Gasteiger partial charge in [-0.1, -0.05) is 39.0 Å². The van der Waals surface area contributed by atoms with Crippen molar-refractivity contribution in [3.63, 3.8) is 0 Å². The third-order valence-corrected chi connectivity index (χ3v) is 5.23. The highest BCUT2D eigenvalue weighted by Crippen LogP contribution is 2.20. The summed E-state index contributed by atoms with van der Waals surface area (Å²) in [4.78, 5) is 0.430. The van der Waals surface area contributed by atoms with E-state index < -0.39 is 10.0 Å². The minimum atomic E-state index is -3.39. The molecular formula is C15H26N2O2S. The number of benzene rings is 1. The molecule has 1 rings (SSSR count). The Kier molecular flexibility index (Phi) is 7.19. The molecule has 0 amide bonds. The van der Waals surface area contributed by atoms with E-state index in [0.29, 0.717) is 24.5 Å². The SMILES string of the molecule is CCCNCc1ccccc1S(=O)(=O)N(CC)CCC. The zero-order valence-corrected chi connectivity index (χ0v) is 13.5. The van der Waals surface area contributed by atoms with Crippen LogP contribution in [-0.2, 0) is 16.6 Å². The Morgan fingerprint density at radius 1 is 1.10 bits per heavy atom. The molecule has 0 heterocycles. The van der Waals surface area contributed by atoms with E-state index in [1.54, 1.807) is 16.4 Å². The van der Waals surface area contributed by atoms with Crippen LogP contribution in [0.2, 0.25) is 0 Å². The molecule has 1 aromatic carbocycles. The first-order valence-corrected chi connectivity index (χ1v) is 8.80. The number of rotatable bonds is 9. The Morgan fingerprint density at radius 3 is 2.40 bits per heavy atom. The molecule has 20 heavy (non-hydrogen) atoms. The summed E-state index contributed by atoms with van der Waals surface area (Å²) < 4.78 is 27.0. The van der Waals surface area contributed by atoms with E-state index in [4.69, 9.17) is 0 Å². The fourth-order valence-electron chi connectivity index (χ4n) is 2.14. The van der Waals surface area contributed by atoms with E-state index in [0.717, 1.165) is 24.9 Å². The van der Waals surface area contributed by atoms with Gasteiger partial charge in [-0.15, -0.1) is 0 Å². The zero-order valence-electron chi connectivity index (χ0n) is 12.7. The van der Waals surface area contributed by atoms with Crippen molar-refractivity contribution in [2.45, 2.75) is 45.1 Å². The molecule has 0 aromatic heterocycles. The Morgan fingerprint density at radius 2 is 1.80 bits per heavy atom. The first-order valence-electron chi connectivity index (χ1n) is 7.36. The smallest absolute Gasteiger partial charge is 0.243 e. The van der Waals surface area contributed by atoms with Gasteiger partial charge in [0.05, 0.1) is 4.90 Å². The Labute approximate surface area is 123 Å². The fraction of sp³-hybridized carbons (Fsp3) is 0.600. The maximum absolute atomic E-state index is 12.7. The van der Waals surface area contributed by atoms with E-state index in [1.807, 2.05) is 26.0 Å². The number of nitrogens with zero attached hydrogens (tertiary/aromatic N) is 1. The molecule has 0 spiro atoms. The number of hydrogen-bond acceptors (Lipinski definition) is 3. The lowest BCUT2D eigenvalue weighted by atomic mass is 10.2. The van der Waals surface area contributed by atoms with Crippen LogP contribution < -0.4 is 5.32 Å². The van der Waals surface area contributed by atoms with Crippen LogP contribution in [0.5, 0.6) is 0 Å². The molecule has 0 unspecified atom stereocenters. The highest BCUT2D eigenvalue weighted by Gasteiger charge is 2.24. The Balaban J connectivity index is 3.04. The topological polar surface area (TPSA) is 49.4 Å². The van der Waals surface area contributed by atoms with Gasteiger partial charge in [-0.25, -0.2) is 8.42 Å². The number of hydrogen-bond donors (Lipinski definition) is 1. The lowest BCUT2D eigenvalue weighted by Crippen LogP contribution is -2.32. The van der Waals surface area contributed by atoms with E-state index in [2.05, 4.69) is 12.2 Å². The molecule has 0 fully saturated rings. The van der Waals surface area contributed by atoms with Crippen molar-refractivity contribution < 1.29 is 8.42 Å². The number of nitrogens with one attached hydrogen (secondary N) is 1. The molecule has 1 N–H and O–H groups in total. The molecule has 1 aromatic rings. The normalized spacial score (nSPS) is 12.0. The van der Waals surface area contributed by atoms with Crippen molar-refractivity contribution in [3.05, 3.63) is 29.8 Å². The van der Waals surface area contributed by atoms with Gasteiger partial charge in [0.1, 0.15) is 0 Å². The summed E-state index contributed by atoms with van der Waals surface area (Å²) in [5.41, 5.74) is 0.843. The van der Waals surface area contributed by atoms with Crippen LogP contribution in [0.1, 0.15) is 39.2 Å². The third-order valence-electron chi connectivity index (χ3n) is 3.16. The first kappa shape index (κ1) is 17.1. The molecule has 0 aliphatic heterocycles. The van der Waals surface area contributed by atoms with Crippen LogP contribution >= 0.6 is 0 Å². The average molecular weight is 298 g/mol. The fourth-order valence-corrected chi connectivity index (χ4v) is 3.90. The molecule has 0 aliphatic rings. The Bertz CT molecular complexity index is 500. The van der Waals surface area contributed by atoms with Crippen LogP contribution in [0.25, 0.3) is 0 Å². The summed E-state index contributed by atoms with van der Waals surface area (Å²) >= 11 is 0. The van der Waals surface area contributed by atoms with E-state index in [-0.39, 0.29) is 0 Å². The predicted octanol–water partition coefficient (Wildman–Crippen LogP) is 2.61. The molecule has 4 nitrogen and oxygen atoms in total. The molecule has 5 heteroatoms. The molecule has 114 valence electrons. The minimum absolute atomic E-state index is 0.430. The van der Waals surface area contributed by atoms with Crippen molar-refractivity contribution >= 4 is 10.0 Å². The van der Waals surface area contributed by atoms with Gasteiger partial charge in [-0.3, -0.25) is 0 Å². The summed E-state index contributed by atoms with van der Waals surface area (Å²) in [5, 5.41) is 3.27. The van der Waals surface area contributed by atoms with Gasteiger partial charge in [0.15, 0.2) is 0 Å². The van der Waals surface area contributed by atoms with Crippen LogP contribution in [0.15, 0.2) is 29.2 Å². The molecule has 0 atom stereocenters. The summed E-state index contributed by atoms with van der Waals surface area (Å²) in [7, 11) is -3.39. The molecule has 0 aliphatic carbocycles. The van der Waals surface area contributed by atoms with E-state index in [1.165, 1.54) is 0 Å². The maximum Gasteiger partial charge on any atom is 0.243 e. The summed E-state index contributed by atoms with van der Waals surface area (Å²) in [6.45, 7) is 8.52. The molecule has 0 radical (unpaired) electrons. The highest BCUT2D eigenvalue weighted by molar-refractivity contribution is 7.89. The molecular weight excluding hydrogens is 272 g/mol.